The van der Waals surface area contributed by atoms with Gasteiger partial charge in [-0.3, -0.25) is 14.7 Å². The van der Waals surface area contributed by atoms with Gasteiger partial charge in [0.25, 0.3) is 5.91 Å². The van der Waals surface area contributed by atoms with Crippen LogP contribution in [-0.2, 0) is 13.0 Å². The molecule has 1 fully saturated rings. The molecule has 0 unspecified atom stereocenters. The first-order valence-electron chi connectivity index (χ1n) is 11.5. The Morgan fingerprint density at radius 3 is 2.61 bits per heavy atom. The van der Waals surface area contributed by atoms with Crippen molar-refractivity contribution < 1.29 is 9.53 Å². The van der Waals surface area contributed by atoms with Crippen LogP contribution in [-0.4, -0.2) is 47.0 Å². The predicted molar refractivity (Wildman–Crippen MR) is 129 cm³/mol. The zero-order chi connectivity index (χ0) is 23.0. The zero-order valence-corrected chi connectivity index (χ0v) is 18.8. The monoisotopic (exact) mass is 445 g/mol. The molecule has 172 valence electrons. The first-order valence-corrected chi connectivity index (χ1v) is 11.5. The summed E-state index contributed by atoms with van der Waals surface area (Å²) in [5.74, 6) is 0.889. The van der Waals surface area contributed by atoms with E-state index in [0.717, 1.165) is 36.9 Å². The average Bonchev–Trinajstić information content (AvgIpc) is 2.85. The molecule has 0 saturated carbocycles. The number of likely N-dealkylation sites (tertiary alicyclic amines) is 1. The number of rotatable bonds is 9. The quantitative estimate of drug-likeness (QED) is 0.524. The van der Waals surface area contributed by atoms with E-state index >= 15 is 0 Å². The van der Waals surface area contributed by atoms with Gasteiger partial charge in [0.2, 0.25) is 0 Å². The minimum atomic E-state index is -0.634. The number of ether oxygens (including phenoxy) is 1. The van der Waals surface area contributed by atoms with Crippen LogP contribution in [0.5, 0.6) is 5.75 Å². The second-order valence-electron chi connectivity index (χ2n) is 8.47. The number of primary amides is 1. The number of benzene rings is 2. The minimum Gasteiger partial charge on any atom is -0.492 e. The lowest BCUT2D eigenvalue weighted by molar-refractivity contribution is 0.0994. The Morgan fingerprint density at radius 2 is 1.88 bits per heavy atom. The summed E-state index contributed by atoms with van der Waals surface area (Å²) in [7, 11) is 0. The van der Waals surface area contributed by atoms with Crippen molar-refractivity contribution >= 4 is 5.91 Å². The van der Waals surface area contributed by atoms with Gasteiger partial charge in [-0.15, -0.1) is 0 Å². The molecule has 0 aliphatic carbocycles. The highest BCUT2D eigenvalue weighted by Crippen LogP contribution is 2.24. The number of carbonyl (C=O) groups is 1. The highest BCUT2D eigenvalue weighted by atomic mass is 16.5. The Morgan fingerprint density at radius 1 is 1.09 bits per heavy atom. The van der Waals surface area contributed by atoms with E-state index in [9.17, 15) is 4.79 Å². The van der Waals surface area contributed by atoms with Gasteiger partial charge in [-0.2, -0.15) is 0 Å². The van der Waals surface area contributed by atoms with E-state index in [1.165, 1.54) is 24.8 Å². The van der Waals surface area contributed by atoms with Crippen LogP contribution in [0.4, 0.5) is 0 Å². The molecular formula is C26H31N5O2. The summed E-state index contributed by atoms with van der Waals surface area (Å²) >= 11 is 0. The van der Waals surface area contributed by atoms with Crippen LogP contribution in [0.1, 0.15) is 34.6 Å². The second-order valence-corrected chi connectivity index (χ2v) is 8.47. The molecule has 1 saturated heterocycles. The molecule has 0 radical (unpaired) electrons. The number of aromatic nitrogens is 2. The highest BCUT2D eigenvalue weighted by molar-refractivity contribution is 5.92. The molecule has 7 heteroatoms. The van der Waals surface area contributed by atoms with Crippen LogP contribution in [0.3, 0.4) is 0 Å². The Bertz CT molecular complexity index is 1070. The Balaban J connectivity index is 1.28. The van der Waals surface area contributed by atoms with Gasteiger partial charge in [0.1, 0.15) is 12.4 Å². The molecule has 1 aliphatic rings. The lowest BCUT2D eigenvalue weighted by atomic mass is 9.90. The summed E-state index contributed by atoms with van der Waals surface area (Å²) in [5.41, 5.74) is 14.4. The topological polar surface area (TPSA) is 107 Å². The Labute approximate surface area is 194 Å². The summed E-state index contributed by atoms with van der Waals surface area (Å²) in [4.78, 5) is 22.8. The third kappa shape index (κ3) is 6.15. The first-order chi connectivity index (χ1) is 16.1. The van der Waals surface area contributed by atoms with Crippen molar-refractivity contribution in [2.75, 3.05) is 26.2 Å². The van der Waals surface area contributed by atoms with Crippen molar-refractivity contribution in [1.82, 2.24) is 14.9 Å². The molecular weight excluding hydrogens is 414 g/mol. The number of amides is 1. The van der Waals surface area contributed by atoms with Crippen molar-refractivity contribution in [3.63, 3.8) is 0 Å². The third-order valence-corrected chi connectivity index (χ3v) is 6.16. The normalized spacial score (nSPS) is 14.8. The largest absolute Gasteiger partial charge is 0.492 e. The maximum atomic E-state index is 11.7. The smallest absolute Gasteiger partial charge is 0.269 e. The molecule has 7 nitrogen and oxygen atoms in total. The molecule has 2 heterocycles. The molecule has 1 aliphatic heterocycles. The fourth-order valence-corrected chi connectivity index (χ4v) is 4.30. The molecule has 4 N–H and O–H groups in total. The van der Waals surface area contributed by atoms with Crippen molar-refractivity contribution in [2.45, 2.75) is 25.8 Å². The zero-order valence-electron chi connectivity index (χ0n) is 18.8. The van der Waals surface area contributed by atoms with E-state index in [2.05, 4.69) is 45.2 Å². The summed E-state index contributed by atoms with van der Waals surface area (Å²) in [6, 6.07) is 18.4. The van der Waals surface area contributed by atoms with Gasteiger partial charge in [-0.05, 0) is 56.0 Å². The van der Waals surface area contributed by atoms with Crippen LogP contribution in [0, 0.1) is 5.92 Å². The van der Waals surface area contributed by atoms with E-state index in [4.69, 9.17) is 16.2 Å². The standard InChI is InChI=1S/C26H31N5O2/c27-17-23-25(26(28)32)30-24(18-29-23)21-7-4-8-22(16-21)33-14-13-31-11-9-20(10-12-31)15-19-5-2-1-3-6-19/h1-8,16,18,20H,9-15,17,27H2,(H2,28,32). The van der Waals surface area contributed by atoms with Crippen LogP contribution < -0.4 is 16.2 Å². The van der Waals surface area contributed by atoms with E-state index < -0.39 is 5.91 Å². The third-order valence-electron chi connectivity index (χ3n) is 6.16. The van der Waals surface area contributed by atoms with Gasteiger partial charge in [0, 0.05) is 18.7 Å². The first kappa shape index (κ1) is 22.9. The Hall–Kier alpha value is -3.29. The van der Waals surface area contributed by atoms with Gasteiger partial charge in [-0.25, -0.2) is 4.98 Å². The molecule has 4 rings (SSSR count). The van der Waals surface area contributed by atoms with E-state index in [1.54, 1.807) is 6.20 Å². The number of piperidine rings is 1. The molecule has 3 aromatic rings. The summed E-state index contributed by atoms with van der Waals surface area (Å²) < 4.78 is 6.01. The lowest BCUT2D eigenvalue weighted by Crippen LogP contribution is -2.37. The maximum Gasteiger partial charge on any atom is 0.269 e. The molecule has 33 heavy (non-hydrogen) atoms. The fraction of sp³-hybridized carbons (Fsp3) is 0.346. The molecule has 1 amide bonds. The Kier molecular flexibility index (Phi) is 7.65. The molecule has 0 bridgehead atoms. The van der Waals surface area contributed by atoms with Gasteiger partial charge >= 0.3 is 0 Å². The van der Waals surface area contributed by atoms with Gasteiger partial charge in [0.05, 0.1) is 17.6 Å². The van der Waals surface area contributed by atoms with E-state index in [-0.39, 0.29) is 12.2 Å². The summed E-state index contributed by atoms with van der Waals surface area (Å²) in [6.07, 6.45) is 5.23. The number of nitrogens with zero attached hydrogens (tertiary/aromatic N) is 3. The fourth-order valence-electron chi connectivity index (χ4n) is 4.30. The average molecular weight is 446 g/mol. The number of carbonyl (C=O) groups excluding carboxylic acids is 1. The van der Waals surface area contributed by atoms with Crippen LogP contribution >= 0.6 is 0 Å². The van der Waals surface area contributed by atoms with Crippen molar-refractivity contribution in [3.8, 4) is 17.0 Å². The predicted octanol–water partition coefficient (Wildman–Crippen LogP) is 3.03. The minimum absolute atomic E-state index is 0.108. The van der Waals surface area contributed by atoms with E-state index in [1.807, 2.05) is 24.3 Å². The molecule has 0 atom stereocenters. The maximum absolute atomic E-state index is 11.7. The van der Waals surface area contributed by atoms with Gasteiger partial charge in [-0.1, -0.05) is 42.5 Å². The number of hydrogen-bond donors (Lipinski definition) is 2. The second kappa shape index (κ2) is 11.0. The van der Waals surface area contributed by atoms with Crippen LogP contribution in [0.15, 0.2) is 60.8 Å². The summed E-state index contributed by atoms with van der Waals surface area (Å²) in [5, 5.41) is 0. The van der Waals surface area contributed by atoms with Crippen molar-refractivity contribution in [1.29, 1.82) is 0 Å². The molecule has 0 spiro atoms. The number of nitrogens with two attached hydrogens (primary N) is 2. The van der Waals surface area contributed by atoms with Crippen molar-refractivity contribution in [3.05, 3.63) is 77.7 Å². The lowest BCUT2D eigenvalue weighted by Gasteiger charge is -2.31. The van der Waals surface area contributed by atoms with Crippen molar-refractivity contribution in [2.24, 2.45) is 17.4 Å². The number of hydrogen-bond acceptors (Lipinski definition) is 6. The van der Waals surface area contributed by atoms with Crippen LogP contribution in [0.25, 0.3) is 11.3 Å². The highest BCUT2D eigenvalue weighted by Gasteiger charge is 2.19. The van der Waals surface area contributed by atoms with Gasteiger partial charge in [0.15, 0.2) is 5.69 Å². The molecule has 1 aromatic heterocycles. The van der Waals surface area contributed by atoms with Gasteiger partial charge < -0.3 is 16.2 Å². The van der Waals surface area contributed by atoms with Crippen LogP contribution in [0.2, 0.25) is 0 Å². The van der Waals surface area contributed by atoms with E-state index in [0.29, 0.717) is 18.0 Å². The molecule has 2 aromatic carbocycles. The summed E-state index contributed by atoms with van der Waals surface area (Å²) in [6.45, 7) is 3.86. The SMILES string of the molecule is NCc1ncc(-c2cccc(OCCN3CCC(Cc4ccccc4)CC3)c2)nc1C(N)=O.